The zero-order valence-electron chi connectivity index (χ0n) is 10.9. The number of ether oxygens (including phenoxy) is 1. The summed E-state index contributed by atoms with van der Waals surface area (Å²) in [5, 5.41) is 3.39. The van der Waals surface area contributed by atoms with Crippen LogP contribution >= 0.6 is 0 Å². The number of hydrogen-bond donors (Lipinski definition) is 1. The largest absolute Gasteiger partial charge is 0.376 e. The molecule has 0 spiro atoms. The van der Waals surface area contributed by atoms with Crippen molar-refractivity contribution in [1.29, 1.82) is 0 Å². The van der Waals surface area contributed by atoms with Crippen molar-refractivity contribution >= 4 is 5.82 Å². The Morgan fingerprint density at radius 2 is 2.06 bits per heavy atom. The van der Waals surface area contributed by atoms with E-state index in [4.69, 9.17) is 4.74 Å². The topological polar surface area (TPSA) is 47.0 Å². The van der Waals surface area contributed by atoms with Gasteiger partial charge in [-0.15, -0.1) is 0 Å². The summed E-state index contributed by atoms with van der Waals surface area (Å²) in [7, 11) is 0. The number of nitrogens with zero attached hydrogens (tertiary/aromatic N) is 2. The van der Waals surface area contributed by atoms with Gasteiger partial charge in [0.1, 0.15) is 11.6 Å². The van der Waals surface area contributed by atoms with E-state index in [1.54, 1.807) is 0 Å². The molecule has 0 amide bonds. The Balaban J connectivity index is 1.98. The van der Waals surface area contributed by atoms with Crippen molar-refractivity contribution in [2.24, 2.45) is 0 Å². The molecule has 1 saturated heterocycles. The molecule has 1 atom stereocenters. The van der Waals surface area contributed by atoms with E-state index in [0.717, 1.165) is 42.5 Å². The van der Waals surface area contributed by atoms with Crippen molar-refractivity contribution < 1.29 is 4.74 Å². The Kier molecular flexibility index (Phi) is 3.94. The molecule has 1 N–H and O–H groups in total. The number of aryl methyl sites for hydroxylation is 2. The van der Waals surface area contributed by atoms with Gasteiger partial charge in [-0.2, -0.15) is 0 Å². The van der Waals surface area contributed by atoms with Gasteiger partial charge >= 0.3 is 0 Å². The Hall–Kier alpha value is -1.16. The van der Waals surface area contributed by atoms with Crippen LogP contribution in [-0.4, -0.2) is 29.2 Å². The van der Waals surface area contributed by atoms with Crippen molar-refractivity contribution in [3.63, 3.8) is 0 Å². The molecule has 0 radical (unpaired) electrons. The maximum absolute atomic E-state index is 5.69. The van der Waals surface area contributed by atoms with E-state index in [1.165, 1.54) is 12.8 Å². The van der Waals surface area contributed by atoms with Gasteiger partial charge < -0.3 is 10.1 Å². The molecule has 2 heterocycles. The third kappa shape index (κ3) is 3.16. The highest BCUT2D eigenvalue weighted by molar-refractivity contribution is 5.45. The predicted octanol–water partition coefficient (Wildman–Crippen LogP) is 2.38. The molecular formula is C13H21N3O. The minimum Gasteiger partial charge on any atom is -0.376 e. The van der Waals surface area contributed by atoms with E-state index in [1.807, 2.05) is 13.8 Å². The van der Waals surface area contributed by atoms with E-state index < -0.39 is 0 Å². The molecule has 4 heteroatoms. The molecule has 1 aliphatic rings. The van der Waals surface area contributed by atoms with Gasteiger partial charge in [-0.3, -0.25) is 0 Å². The quantitative estimate of drug-likeness (QED) is 0.873. The fourth-order valence-corrected chi connectivity index (χ4v) is 2.12. The second-order valence-electron chi connectivity index (χ2n) is 4.70. The van der Waals surface area contributed by atoms with Gasteiger partial charge in [0.25, 0.3) is 0 Å². The minimum atomic E-state index is 0.332. The molecule has 4 nitrogen and oxygen atoms in total. The highest BCUT2D eigenvalue weighted by atomic mass is 16.5. The molecule has 0 aromatic carbocycles. The second kappa shape index (κ2) is 5.45. The van der Waals surface area contributed by atoms with Crippen LogP contribution in [0.25, 0.3) is 0 Å². The third-order valence-corrected chi connectivity index (χ3v) is 3.27. The molecule has 94 valence electrons. The van der Waals surface area contributed by atoms with Gasteiger partial charge in [0.2, 0.25) is 0 Å². The van der Waals surface area contributed by atoms with Crippen LogP contribution in [0, 0.1) is 20.8 Å². The fourth-order valence-electron chi connectivity index (χ4n) is 2.12. The average Bonchev–Trinajstić information content (AvgIpc) is 2.33. The van der Waals surface area contributed by atoms with Gasteiger partial charge in [-0.05, 0) is 40.0 Å². The summed E-state index contributed by atoms with van der Waals surface area (Å²) in [6.07, 6.45) is 3.95. The highest BCUT2D eigenvalue weighted by Gasteiger charge is 2.14. The summed E-state index contributed by atoms with van der Waals surface area (Å²) in [5.41, 5.74) is 2.18. The van der Waals surface area contributed by atoms with Crippen molar-refractivity contribution in [1.82, 2.24) is 9.97 Å². The van der Waals surface area contributed by atoms with Crippen LogP contribution in [0.3, 0.4) is 0 Å². The maximum Gasteiger partial charge on any atom is 0.132 e. The standard InChI is InChI=1S/C13H21N3O/c1-9-10(2)15-11(3)16-13(9)14-8-12-6-4-5-7-17-12/h12H,4-8H2,1-3H3,(H,14,15,16)/t12-/m0/s1. The number of hydrogen-bond acceptors (Lipinski definition) is 4. The predicted molar refractivity (Wildman–Crippen MR) is 68.3 cm³/mol. The SMILES string of the molecule is Cc1nc(C)c(C)c(NC[C@@H]2CCCCO2)n1. The van der Waals surface area contributed by atoms with E-state index in [9.17, 15) is 0 Å². The molecule has 1 aromatic rings. The van der Waals surface area contributed by atoms with Crippen LogP contribution in [0.1, 0.15) is 36.3 Å². The molecule has 1 aliphatic heterocycles. The van der Waals surface area contributed by atoms with E-state index in [0.29, 0.717) is 6.10 Å². The second-order valence-corrected chi connectivity index (χ2v) is 4.70. The van der Waals surface area contributed by atoms with Crippen LogP contribution in [0.15, 0.2) is 0 Å². The summed E-state index contributed by atoms with van der Waals surface area (Å²) in [6, 6.07) is 0. The zero-order valence-corrected chi connectivity index (χ0v) is 10.9. The van der Waals surface area contributed by atoms with Crippen LogP contribution < -0.4 is 5.32 Å². The first-order chi connectivity index (χ1) is 8.16. The first kappa shape index (κ1) is 12.3. The normalized spacial score (nSPS) is 20.3. The lowest BCUT2D eigenvalue weighted by Gasteiger charge is -2.23. The van der Waals surface area contributed by atoms with E-state index in [-0.39, 0.29) is 0 Å². The van der Waals surface area contributed by atoms with Crippen molar-refractivity contribution in [3.05, 3.63) is 17.1 Å². The third-order valence-electron chi connectivity index (χ3n) is 3.27. The lowest BCUT2D eigenvalue weighted by atomic mass is 10.1. The van der Waals surface area contributed by atoms with Crippen LogP contribution in [0.4, 0.5) is 5.82 Å². The van der Waals surface area contributed by atoms with Gasteiger partial charge in [-0.1, -0.05) is 0 Å². The van der Waals surface area contributed by atoms with Gasteiger partial charge in [-0.25, -0.2) is 9.97 Å². The van der Waals surface area contributed by atoms with Gasteiger partial charge in [0, 0.05) is 24.4 Å². The Bertz CT molecular complexity index is 386. The molecule has 1 fully saturated rings. The van der Waals surface area contributed by atoms with Crippen molar-refractivity contribution in [2.75, 3.05) is 18.5 Å². The first-order valence-electron chi connectivity index (χ1n) is 6.34. The molecule has 0 unspecified atom stereocenters. The summed E-state index contributed by atoms with van der Waals surface area (Å²) in [5.74, 6) is 1.77. The summed E-state index contributed by atoms with van der Waals surface area (Å²) in [4.78, 5) is 8.79. The van der Waals surface area contributed by atoms with E-state index >= 15 is 0 Å². The van der Waals surface area contributed by atoms with E-state index in [2.05, 4.69) is 22.2 Å². The molecule has 0 saturated carbocycles. The first-order valence-corrected chi connectivity index (χ1v) is 6.34. The average molecular weight is 235 g/mol. The van der Waals surface area contributed by atoms with Gasteiger partial charge in [0.15, 0.2) is 0 Å². The molecule has 0 bridgehead atoms. The Morgan fingerprint density at radius 3 is 2.76 bits per heavy atom. The number of nitrogens with one attached hydrogen (secondary N) is 1. The lowest BCUT2D eigenvalue weighted by Crippen LogP contribution is -2.27. The van der Waals surface area contributed by atoms with Crippen LogP contribution in [0.2, 0.25) is 0 Å². The minimum absolute atomic E-state index is 0.332. The molecule has 1 aromatic heterocycles. The summed E-state index contributed by atoms with van der Waals surface area (Å²) in [6.45, 7) is 7.74. The molecule has 0 aliphatic carbocycles. The molecule has 2 rings (SSSR count). The Labute approximate surface area is 103 Å². The summed E-state index contributed by atoms with van der Waals surface area (Å²) >= 11 is 0. The molecule has 17 heavy (non-hydrogen) atoms. The monoisotopic (exact) mass is 235 g/mol. The lowest BCUT2D eigenvalue weighted by molar-refractivity contribution is 0.0247. The van der Waals surface area contributed by atoms with Crippen LogP contribution in [-0.2, 0) is 4.74 Å². The Morgan fingerprint density at radius 1 is 1.24 bits per heavy atom. The van der Waals surface area contributed by atoms with Crippen molar-refractivity contribution in [3.8, 4) is 0 Å². The zero-order chi connectivity index (χ0) is 12.3. The van der Waals surface area contributed by atoms with Crippen LogP contribution in [0.5, 0.6) is 0 Å². The van der Waals surface area contributed by atoms with Gasteiger partial charge in [0.05, 0.1) is 6.10 Å². The maximum atomic E-state index is 5.69. The fraction of sp³-hybridized carbons (Fsp3) is 0.692. The highest BCUT2D eigenvalue weighted by Crippen LogP contribution is 2.17. The number of anilines is 1. The number of aromatic nitrogens is 2. The number of rotatable bonds is 3. The van der Waals surface area contributed by atoms with Crippen molar-refractivity contribution in [2.45, 2.75) is 46.1 Å². The molecular weight excluding hydrogens is 214 g/mol. The smallest absolute Gasteiger partial charge is 0.132 e. The summed E-state index contributed by atoms with van der Waals surface area (Å²) < 4.78 is 5.69.